The third kappa shape index (κ3) is 4.75. The average molecular weight is 373 g/mol. The number of pyridine rings is 1. The fourth-order valence-corrected chi connectivity index (χ4v) is 3.40. The number of anilines is 2. The standard InChI is InChI=1S/C13H13ClN4O3S2/c1-22-17-13(19)18-23(20,21)11-8-9(5-6-10(11)14)16-12-4-2-3-7-15-12/h2-8H,1H3,(H,15,16)(H2,17,18,19). The molecule has 0 aliphatic carbocycles. The number of hydrogen-bond acceptors (Lipinski definition) is 6. The molecule has 0 spiro atoms. The summed E-state index contributed by atoms with van der Waals surface area (Å²) in [4.78, 5) is 15.3. The number of hydrogen-bond donors (Lipinski definition) is 3. The number of carbonyl (C=O) groups excluding carboxylic acids is 1. The molecule has 3 N–H and O–H groups in total. The summed E-state index contributed by atoms with van der Waals surface area (Å²) < 4.78 is 28.6. The molecule has 1 aromatic carbocycles. The highest BCUT2D eigenvalue weighted by molar-refractivity contribution is 7.97. The van der Waals surface area contributed by atoms with Crippen LogP contribution >= 0.6 is 23.5 Å². The van der Waals surface area contributed by atoms with Gasteiger partial charge in [0.25, 0.3) is 10.0 Å². The topological polar surface area (TPSA) is 100 Å². The Hall–Kier alpha value is -1.97. The van der Waals surface area contributed by atoms with Gasteiger partial charge in [-0.15, -0.1) is 0 Å². The van der Waals surface area contributed by atoms with Crippen LogP contribution in [0.25, 0.3) is 0 Å². The Morgan fingerprint density at radius 1 is 1.26 bits per heavy atom. The summed E-state index contributed by atoms with van der Waals surface area (Å²) in [5.74, 6) is 0.547. The van der Waals surface area contributed by atoms with Gasteiger partial charge in [-0.2, -0.15) is 0 Å². The van der Waals surface area contributed by atoms with Crippen molar-refractivity contribution in [3.05, 3.63) is 47.6 Å². The zero-order chi connectivity index (χ0) is 16.9. The van der Waals surface area contributed by atoms with Crippen LogP contribution in [0.4, 0.5) is 16.3 Å². The minimum Gasteiger partial charge on any atom is -0.340 e. The molecule has 122 valence electrons. The van der Waals surface area contributed by atoms with Crippen molar-refractivity contribution in [2.75, 3.05) is 11.6 Å². The predicted octanol–water partition coefficient (Wildman–Crippen LogP) is 2.74. The Morgan fingerprint density at radius 2 is 2.04 bits per heavy atom. The van der Waals surface area contributed by atoms with Gasteiger partial charge in [-0.05, 0) is 30.3 Å². The van der Waals surface area contributed by atoms with Gasteiger partial charge in [0, 0.05) is 18.1 Å². The van der Waals surface area contributed by atoms with E-state index in [1.54, 1.807) is 36.7 Å². The molecule has 2 rings (SSSR count). The molecule has 2 amide bonds. The van der Waals surface area contributed by atoms with Crippen LogP contribution in [0, 0.1) is 0 Å². The molecule has 0 aliphatic heterocycles. The number of urea groups is 1. The SMILES string of the molecule is CSNC(=O)NS(=O)(=O)c1cc(Nc2ccccn2)ccc1Cl. The lowest BCUT2D eigenvalue weighted by Gasteiger charge is -2.11. The van der Waals surface area contributed by atoms with Gasteiger partial charge in [-0.1, -0.05) is 29.6 Å². The minimum atomic E-state index is -4.09. The van der Waals surface area contributed by atoms with Crippen LogP contribution in [0.15, 0.2) is 47.5 Å². The number of nitrogens with zero attached hydrogens (tertiary/aromatic N) is 1. The molecule has 0 bridgehead atoms. The van der Waals surface area contributed by atoms with E-state index in [0.29, 0.717) is 11.5 Å². The molecule has 1 heterocycles. The number of nitrogens with one attached hydrogen (secondary N) is 3. The Kier molecular flexibility index (Phi) is 5.69. The first kappa shape index (κ1) is 17.4. The predicted molar refractivity (Wildman–Crippen MR) is 91.3 cm³/mol. The number of sulfonamides is 1. The Labute approximate surface area is 143 Å². The summed E-state index contributed by atoms with van der Waals surface area (Å²) in [5.41, 5.74) is 0.471. The van der Waals surface area contributed by atoms with Crippen LogP contribution in [-0.2, 0) is 10.0 Å². The van der Waals surface area contributed by atoms with Crippen molar-refractivity contribution >= 4 is 51.1 Å². The fraction of sp³-hybridized carbons (Fsp3) is 0.0769. The van der Waals surface area contributed by atoms with Gasteiger partial charge in [0.15, 0.2) is 0 Å². The maximum atomic E-state index is 12.2. The second-order valence-corrected chi connectivity index (χ2v) is 6.90. The van der Waals surface area contributed by atoms with Crippen molar-refractivity contribution in [1.82, 2.24) is 14.4 Å². The van der Waals surface area contributed by atoms with E-state index in [2.05, 4.69) is 15.0 Å². The van der Waals surface area contributed by atoms with E-state index in [-0.39, 0.29) is 9.92 Å². The lowest BCUT2D eigenvalue weighted by Crippen LogP contribution is -2.36. The first-order valence-corrected chi connectivity index (χ1v) is 9.34. The van der Waals surface area contributed by atoms with Crippen molar-refractivity contribution in [1.29, 1.82) is 0 Å². The second kappa shape index (κ2) is 7.53. The van der Waals surface area contributed by atoms with E-state index in [1.165, 1.54) is 12.1 Å². The molecule has 0 fully saturated rings. The van der Waals surface area contributed by atoms with E-state index in [1.807, 2.05) is 4.72 Å². The normalized spacial score (nSPS) is 10.9. The summed E-state index contributed by atoms with van der Waals surface area (Å²) >= 11 is 6.92. The minimum absolute atomic E-state index is 0.000947. The third-order valence-corrected chi connectivity index (χ3v) is 4.78. The zero-order valence-electron chi connectivity index (χ0n) is 11.9. The maximum absolute atomic E-state index is 12.2. The van der Waals surface area contributed by atoms with Gasteiger partial charge < -0.3 is 5.32 Å². The molecule has 0 saturated carbocycles. The van der Waals surface area contributed by atoms with Gasteiger partial charge in [0.2, 0.25) is 0 Å². The van der Waals surface area contributed by atoms with E-state index in [0.717, 1.165) is 11.9 Å². The molecular weight excluding hydrogens is 360 g/mol. The Morgan fingerprint density at radius 3 is 2.70 bits per heavy atom. The smallest absolute Gasteiger partial charge is 0.338 e. The number of amides is 2. The highest BCUT2D eigenvalue weighted by Crippen LogP contribution is 2.26. The summed E-state index contributed by atoms with van der Waals surface area (Å²) in [6.45, 7) is 0. The molecular formula is C13H13ClN4O3S2. The molecule has 2 aromatic rings. The van der Waals surface area contributed by atoms with Crippen molar-refractivity contribution < 1.29 is 13.2 Å². The number of benzene rings is 1. The van der Waals surface area contributed by atoms with E-state index < -0.39 is 16.1 Å². The van der Waals surface area contributed by atoms with Crippen LogP contribution in [0.3, 0.4) is 0 Å². The lowest BCUT2D eigenvalue weighted by atomic mass is 10.3. The maximum Gasteiger partial charge on any atom is 0.338 e. The zero-order valence-corrected chi connectivity index (χ0v) is 14.3. The van der Waals surface area contributed by atoms with Gasteiger partial charge in [-0.3, -0.25) is 4.72 Å². The quantitative estimate of drug-likeness (QED) is 0.698. The highest BCUT2D eigenvalue weighted by Gasteiger charge is 2.21. The van der Waals surface area contributed by atoms with Crippen molar-refractivity contribution in [3.8, 4) is 0 Å². The van der Waals surface area contributed by atoms with Crippen molar-refractivity contribution in [2.24, 2.45) is 0 Å². The number of rotatable bonds is 5. The summed E-state index contributed by atoms with van der Waals surface area (Å²) in [7, 11) is -4.09. The Bertz CT molecular complexity index is 800. The summed E-state index contributed by atoms with van der Waals surface area (Å²) in [6.07, 6.45) is 3.20. The fourth-order valence-electron chi connectivity index (χ4n) is 1.66. The monoisotopic (exact) mass is 372 g/mol. The van der Waals surface area contributed by atoms with E-state index >= 15 is 0 Å². The average Bonchev–Trinajstić information content (AvgIpc) is 2.50. The first-order chi connectivity index (χ1) is 10.9. The Balaban J connectivity index is 2.28. The molecule has 0 aliphatic rings. The molecule has 1 aromatic heterocycles. The van der Waals surface area contributed by atoms with Crippen LogP contribution in [0.5, 0.6) is 0 Å². The van der Waals surface area contributed by atoms with Crippen LogP contribution < -0.4 is 14.8 Å². The molecule has 0 radical (unpaired) electrons. The van der Waals surface area contributed by atoms with Crippen molar-refractivity contribution in [3.63, 3.8) is 0 Å². The number of aromatic nitrogens is 1. The van der Waals surface area contributed by atoms with Crippen molar-refractivity contribution in [2.45, 2.75) is 4.90 Å². The molecule has 0 atom stereocenters. The second-order valence-electron chi connectivity index (χ2n) is 4.23. The largest absolute Gasteiger partial charge is 0.340 e. The molecule has 0 saturated heterocycles. The van der Waals surface area contributed by atoms with E-state index in [4.69, 9.17) is 11.6 Å². The highest BCUT2D eigenvalue weighted by atomic mass is 35.5. The third-order valence-electron chi connectivity index (χ3n) is 2.58. The molecule has 0 unspecified atom stereocenters. The lowest BCUT2D eigenvalue weighted by molar-refractivity contribution is 0.251. The van der Waals surface area contributed by atoms with E-state index in [9.17, 15) is 13.2 Å². The molecule has 10 heteroatoms. The van der Waals surface area contributed by atoms with Gasteiger partial charge in [0.1, 0.15) is 10.7 Å². The molecule has 23 heavy (non-hydrogen) atoms. The van der Waals surface area contributed by atoms with Crippen LogP contribution in [0.2, 0.25) is 5.02 Å². The first-order valence-electron chi connectivity index (χ1n) is 6.26. The summed E-state index contributed by atoms with van der Waals surface area (Å²) in [5, 5.41) is 2.96. The summed E-state index contributed by atoms with van der Waals surface area (Å²) in [6, 6.07) is 8.79. The van der Waals surface area contributed by atoms with Crippen LogP contribution in [-0.4, -0.2) is 25.7 Å². The van der Waals surface area contributed by atoms with Crippen LogP contribution in [0.1, 0.15) is 0 Å². The molecule has 7 nitrogen and oxygen atoms in total. The number of halogens is 1. The van der Waals surface area contributed by atoms with Gasteiger partial charge >= 0.3 is 6.03 Å². The van der Waals surface area contributed by atoms with Gasteiger partial charge in [0.05, 0.1) is 5.02 Å². The number of carbonyl (C=O) groups is 1. The van der Waals surface area contributed by atoms with Gasteiger partial charge in [-0.25, -0.2) is 22.9 Å².